The smallest absolute Gasteiger partial charge is 0.537 e. The second kappa shape index (κ2) is 20.9. The summed E-state index contributed by atoms with van der Waals surface area (Å²) >= 11 is 0. The fraction of sp³-hybridized carbons (Fsp3) is 0.389. The Labute approximate surface area is 301 Å². The van der Waals surface area contributed by atoms with E-state index < -0.39 is 17.6 Å². The number of halogens is 2. The quantitative estimate of drug-likeness (QED) is 0.0869. The minimum absolute atomic E-state index is 0. The topological polar surface area (TPSA) is 63.1 Å². The van der Waals surface area contributed by atoms with E-state index in [4.69, 9.17) is 26.6 Å². The van der Waals surface area contributed by atoms with Gasteiger partial charge in [0.15, 0.2) is 37.9 Å². The molecule has 0 spiro atoms. The van der Waals surface area contributed by atoms with Crippen molar-refractivity contribution in [2.24, 2.45) is 0 Å². The molecule has 4 aromatic rings. The second-order valence-corrected chi connectivity index (χ2v) is 15.7. The third kappa shape index (κ3) is 10.8. The van der Waals surface area contributed by atoms with Crippen LogP contribution in [0.3, 0.4) is 0 Å². The highest BCUT2D eigenvalue weighted by atomic mass is 35.5. The summed E-state index contributed by atoms with van der Waals surface area (Å²) < 4.78 is 40.7. The lowest BCUT2D eigenvalue weighted by Crippen LogP contribution is -3.00. The maximum atomic E-state index is 6.06. The van der Waals surface area contributed by atoms with Crippen molar-refractivity contribution >= 4 is 28.0 Å². The molecule has 0 unspecified atom stereocenters. The van der Waals surface area contributed by atoms with E-state index in [1.54, 1.807) is 0 Å². The van der Waals surface area contributed by atoms with Crippen molar-refractivity contribution in [1.82, 2.24) is 0 Å². The molecule has 12 heteroatoms. The van der Waals surface area contributed by atoms with E-state index in [-0.39, 0.29) is 24.8 Å². The number of hydrogen-bond acceptors (Lipinski definition) is 6. The molecular formula is C36H50Cl2N2O6Si2. The summed E-state index contributed by atoms with van der Waals surface area (Å²) in [5.74, 6) is 0. The van der Waals surface area contributed by atoms with Gasteiger partial charge in [0.2, 0.25) is 0 Å². The summed E-state index contributed by atoms with van der Waals surface area (Å²) in [6.07, 6.45) is 8.51. The molecule has 2 heterocycles. The van der Waals surface area contributed by atoms with Gasteiger partial charge >= 0.3 is 17.6 Å². The highest BCUT2D eigenvalue weighted by Crippen LogP contribution is 2.17. The van der Waals surface area contributed by atoms with Crippen LogP contribution >= 0.6 is 0 Å². The van der Waals surface area contributed by atoms with Crippen LogP contribution in [0.25, 0.3) is 11.1 Å². The van der Waals surface area contributed by atoms with E-state index in [2.05, 4.69) is 107 Å². The van der Waals surface area contributed by atoms with Crippen LogP contribution < -0.4 is 44.3 Å². The van der Waals surface area contributed by atoms with Crippen molar-refractivity contribution in [1.29, 1.82) is 0 Å². The summed E-state index contributed by atoms with van der Waals surface area (Å²) in [7, 11) is -5.79. The molecule has 0 saturated carbocycles. The molecule has 0 bridgehead atoms. The minimum Gasteiger partial charge on any atom is -1.00 e. The molecule has 0 aliphatic rings. The Balaban J connectivity index is 0.00000400. The fourth-order valence-electron chi connectivity index (χ4n) is 5.45. The van der Waals surface area contributed by atoms with Gasteiger partial charge in [0.1, 0.15) is 0 Å². The summed E-state index contributed by atoms with van der Waals surface area (Å²) in [4.78, 5) is 0. The van der Waals surface area contributed by atoms with Gasteiger partial charge in [0.25, 0.3) is 0 Å². The van der Waals surface area contributed by atoms with Crippen LogP contribution in [0.4, 0.5) is 0 Å². The zero-order valence-electron chi connectivity index (χ0n) is 29.0. The third-order valence-electron chi connectivity index (χ3n) is 7.47. The Hall–Kier alpha value is -2.49. The summed E-state index contributed by atoms with van der Waals surface area (Å²) in [5.41, 5.74) is 4.75. The molecule has 0 fully saturated rings. The Morgan fingerprint density at radius 3 is 0.875 bits per heavy atom. The maximum absolute atomic E-state index is 6.06. The second-order valence-electron chi connectivity index (χ2n) is 10.6. The van der Waals surface area contributed by atoms with E-state index in [1.165, 1.54) is 22.3 Å². The molecule has 0 atom stereocenters. The van der Waals surface area contributed by atoms with E-state index in [0.717, 1.165) is 23.5 Å². The molecule has 0 saturated heterocycles. The van der Waals surface area contributed by atoms with E-state index >= 15 is 0 Å². The molecule has 0 aliphatic carbocycles. The number of hydrogen-bond donors (Lipinski definition) is 0. The van der Waals surface area contributed by atoms with Gasteiger partial charge in [-0.05, 0) is 52.7 Å². The first-order valence-corrected chi connectivity index (χ1v) is 19.9. The molecule has 48 heavy (non-hydrogen) atoms. The molecule has 0 radical (unpaired) electrons. The monoisotopic (exact) mass is 732 g/mol. The van der Waals surface area contributed by atoms with Crippen LogP contribution in [0.5, 0.6) is 0 Å². The summed E-state index contributed by atoms with van der Waals surface area (Å²) in [6, 6.07) is 25.5. The molecule has 4 rings (SSSR count). The lowest BCUT2D eigenvalue weighted by Gasteiger charge is -2.28. The molecule has 8 nitrogen and oxygen atoms in total. The van der Waals surface area contributed by atoms with Crippen molar-refractivity contribution in [2.75, 3.05) is 39.6 Å². The van der Waals surface area contributed by atoms with E-state index in [1.807, 2.05) is 41.5 Å². The first kappa shape index (κ1) is 41.7. The SMILES string of the molecule is CCO[Si](OCC)(OCC)c1ccc(C[n+]2ccc(-c3cc[n+](Cc4ccc([Si](OCC)(OCC)OCC)cc4)cc3)cc2)cc1.[Cl-].[Cl-]. The van der Waals surface area contributed by atoms with Gasteiger partial charge in [0, 0.05) is 85.4 Å². The predicted octanol–water partition coefficient (Wildman–Crippen LogP) is -1.46. The van der Waals surface area contributed by atoms with Gasteiger partial charge in [-0.25, -0.2) is 9.13 Å². The molecule has 2 aromatic carbocycles. The van der Waals surface area contributed by atoms with Gasteiger partial charge in [-0.3, -0.25) is 0 Å². The Morgan fingerprint density at radius 2 is 0.646 bits per heavy atom. The Kier molecular flexibility index (Phi) is 18.1. The molecule has 0 aliphatic heterocycles. The molecule has 2 aromatic heterocycles. The number of nitrogens with zero attached hydrogens (tertiary/aromatic N) is 2. The average Bonchev–Trinajstić information content (AvgIpc) is 3.07. The fourth-order valence-corrected chi connectivity index (χ4v) is 10.4. The van der Waals surface area contributed by atoms with Crippen molar-refractivity contribution in [3.05, 3.63) is 109 Å². The number of rotatable bonds is 19. The molecule has 0 N–H and O–H groups in total. The maximum Gasteiger partial charge on any atom is 0.537 e. The summed E-state index contributed by atoms with van der Waals surface area (Å²) in [6.45, 7) is 16.7. The van der Waals surface area contributed by atoms with Gasteiger partial charge < -0.3 is 51.4 Å². The summed E-state index contributed by atoms with van der Waals surface area (Å²) in [5, 5.41) is 1.99. The van der Waals surface area contributed by atoms with Gasteiger partial charge in [0.05, 0.1) is 0 Å². The van der Waals surface area contributed by atoms with Crippen molar-refractivity contribution in [3.8, 4) is 11.1 Å². The number of aromatic nitrogens is 2. The minimum atomic E-state index is -2.90. The third-order valence-corrected chi connectivity index (χ3v) is 13.6. The standard InChI is InChI=1S/C36H50N2O6Si2.2ClH/c1-7-39-45(40-8-2,41-9-3)35-17-13-31(14-18-35)29-37-25-21-33(22-26-37)34-23-27-38(28-24-34)30-32-15-19-36(20-16-32)46(42-10-4,43-11-5)44-12-6;;/h13-28H,7-12,29-30H2,1-6H3;2*1H/q+2;;/p-2. The van der Waals surface area contributed by atoms with Crippen molar-refractivity contribution in [3.63, 3.8) is 0 Å². The van der Waals surface area contributed by atoms with E-state index in [0.29, 0.717) is 39.6 Å². The van der Waals surface area contributed by atoms with Crippen molar-refractivity contribution < 1.29 is 60.5 Å². The van der Waals surface area contributed by atoms with Crippen LogP contribution in [0.2, 0.25) is 0 Å². The molecule has 0 amide bonds. The number of benzene rings is 2. The van der Waals surface area contributed by atoms with Crippen LogP contribution in [0.1, 0.15) is 52.7 Å². The Bertz CT molecular complexity index is 1320. The lowest BCUT2D eigenvalue weighted by atomic mass is 10.1. The van der Waals surface area contributed by atoms with Crippen LogP contribution in [0, 0.1) is 0 Å². The van der Waals surface area contributed by atoms with Crippen LogP contribution in [-0.4, -0.2) is 57.3 Å². The predicted molar refractivity (Wildman–Crippen MR) is 184 cm³/mol. The van der Waals surface area contributed by atoms with Gasteiger partial charge in [-0.2, -0.15) is 0 Å². The highest BCUT2D eigenvalue weighted by Gasteiger charge is 2.44. The average molecular weight is 734 g/mol. The zero-order valence-corrected chi connectivity index (χ0v) is 32.5. The van der Waals surface area contributed by atoms with Crippen LogP contribution in [0.15, 0.2) is 97.6 Å². The first-order chi connectivity index (χ1) is 22.4. The normalized spacial score (nSPS) is 11.5. The largest absolute Gasteiger partial charge is 1.00 e. The lowest BCUT2D eigenvalue weighted by molar-refractivity contribution is -0.688. The first-order valence-electron chi connectivity index (χ1n) is 16.5. The van der Waals surface area contributed by atoms with Crippen LogP contribution in [-0.2, 0) is 39.6 Å². The van der Waals surface area contributed by atoms with Gasteiger partial charge in [-0.15, -0.1) is 0 Å². The van der Waals surface area contributed by atoms with Gasteiger partial charge in [-0.1, -0.05) is 48.5 Å². The molecular weight excluding hydrogens is 683 g/mol. The molecule has 262 valence electrons. The van der Waals surface area contributed by atoms with E-state index in [9.17, 15) is 0 Å². The highest BCUT2D eigenvalue weighted by molar-refractivity contribution is 6.75. The number of pyridine rings is 2. The Morgan fingerprint density at radius 1 is 0.396 bits per heavy atom. The van der Waals surface area contributed by atoms with Crippen molar-refractivity contribution in [2.45, 2.75) is 54.6 Å². The zero-order chi connectivity index (χ0) is 32.8.